The Morgan fingerprint density at radius 2 is 1.82 bits per heavy atom. The van der Waals surface area contributed by atoms with Crippen molar-refractivity contribution in [2.75, 3.05) is 31.6 Å². The molecule has 0 unspecified atom stereocenters. The van der Waals surface area contributed by atoms with E-state index < -0.39 is 10.0 Å². The number of para-hydroxylation sites is 1. The summed E-state index contributed by atoms with van der Waals surface area (Å²) in [5.74, 6) is -0.0965. The number of ether oxygens (including phenoxy) is 1. The normalized spacial score (nSPS) is 16.0. The second-order valence-corrected chi connectivity index (χ2v) is 11.3. The smallest absolute Gasteiger partial charge is 0.243 e. The SMILES string of the molecule is Cc1ccccc1NC(=O)[C@@H](C)Sc1cc(C)c2cc(S(=O)(=O)N3CCOCC3)ccc2n1. The molecule has 1 fully saturated rings. The molecular formula is C24H27N3O4S2. The highest BCUT2D eigenvalue weighted by molar-refractivity contribution is 8.00. The monoisotopic (exact) mass is 485 g/mol. The van der Waals surface area contributed by atoms with E-state index in [1.807, 2.05) is 51.1 Å². The summed E-state index contributed by atoms with van der Waals surface area (Å²) in [5, 5.41) is 4.12. The summed E-state index contributed by atoms with van der Waals surface area (Å²) in [6.45, 7) is 7.25. The number of carbonyl (C=O) groups excluding carboxylic acids is 1. The first kappa shape index (κ1) is 23.7. The molecule has 33 heavy (non-hydrogen) atoms. The number of sulfonamides is 1. The summed E-state index contributed by atoms with van der Waals surface area (Å²) in [6, 6.07) is 14.6. The zero-order valence-electron chi connectivity index (χ0n) is 18.9. The Morgan fingerprint density at radius 3 is 2.55 bits per heavy atom. The van der Waals surface area contributed by atoms with E-state index in [2.05, 4.69) is 10.3 Å². The van der Waals surface area contributed by atoms with Gasteiger partial charge >= 0.3 is 0 Å². The Bertz CT molecular complexity index is 1290. The lowest BCUT2D eigenvalue weighted by Crippen LogP contribution is -2.40. The summed E-state index contributed by atoms with van der Waals surface area (Å²) in [7, 11) is -3.58. The third-order valence-electron chi connectivity index (χ3n) is 5.64. The maximum absolute atomic E-state index is 13.0. The zero-order chi connectivity index (χ0) is 23.6. The lowest BCUT2D eigenvalue weighted by Gasteiger charge is -2.26. The van der Waals surface area contributed by atoms with Gasteiger partial charge in [-0.3, -0.25) is 4.79 Å². The Labute approximate surface area is 198 Å². The summed E-state index contributed by atoms with van der Waals surface area (Å²) >= 11 is 1.37. The van der Waals surface area contributed by atoms with Crippen LogP contribution in [0.5, 0.6) is 0 Å². The number of carbonyl (C=O) groups is 1. The fraction of sp³-hybridized carbons (Fsp3) is 0.333. The molecule has 7 nitrogen and oxygen atoms in total. The van der Waals surface area contributed by atoms with E-state index in [1.54, 1.807) is 18.2 Å². The molecule has 1 aromatic heterocycles. The number of thioether (sulfide) groups is 1. The van der Waals surface area contributed by atoms with Gasteiger partial charge in [-0.2, -0.15) is 4.31 Å². The van der Waals surface area contributed by atoms with E-state index >= 15 is 0 Å². The van der Waals surface area contributed by atoms with Crippen molar-refractivity contribution in [1.82, 2.24) is 9.29 Å². The molecule has 4 rings (SSSR count). The summed E-state index contributed by atoms with van der Waals surface area (Å²) in [5.41, 5.74) is 3.41. The number of amides is 1. The highest BCUT2D eigenvalue weighted by atomic mass is 32.2. The third-order valence-corrected chi connectivity index (χ3v) is 8.55. The number of nitrogens with one attached hydrogen (secondary N) is 1. The summed E-state index contributed by atoms with van der Waals surface area (Å²) in [6.07, 6.45) is 0. The van der Waals surface area contributed by atoms with Crippen molar-refractivity contribution in [3.05, 3.63) is 59.7 Å². The molecule has 1 amide bonds. The topological polar surface area (TPSA) is 88.6 Å². The predicted octanol–water partition coefficient (Wildman–Crippen LogP) is 3.99. The van der Waals surface area contributed by atoms with Crippen LogP contribution in [0.3, 0.4) is 0 Å². The lowest BCUT2D eigenvalue weighted by molar-refractivity contribution is -0.115. The van der Waals surface area contributed by atoms with Gasteiger partial charge < -0.3 is 10.1 Å². The van der Waals surface area contributed by atoms with Crippen LogP contribution in [0, 0.1) is 13.8 Å². The Kier molecular flexibility index (Phi) is 7.04. The Hall–Kier alpha value is -2.46. The second kappa shape index (κ2) is 9.80. The molecule has 0 aliphatic carbocycles. The van der Waals surface area contributed by atoms with Crippen LogP contribution in [0.1, 0.15) is 18.1 Å². The standard InChI is InChI=1S/C24H27N3O4S2/c1-16-6-4-5-7-21(16)26-24(28)18(3)32-23-14-17(2)20-15-19(8-9-22(20)25-23)33(29,30)27-10-12-31-13-11-27/h4-9,14-15,18H,10-13H2,1-3H3,(H,26,28)/t18-/m1/s1. The van der Waals surface area contributed by atoms with Gasteiger partial charge in [0.25, 0.3) is 0 Å². The predicted molar refractivity (Wildman–Crippen MR) is 131 cm³/mol. The van der Waals surface area contributed by atoms with Crippen LogP contribution in [0.4, 0.5) is 5.69 Å². The van der Waals surface area contributed by atoms with E-state index in [1.165, 1.54) is 16.1 Å². The number of morpholine rings is 1. The van der Waals surface area contributed by atoms with Crippen molar-refractivity contribution >= 4 is 44.3 Å². The molecule has 1 aliphatic heterocycles. The Morgan fingerprint density at radius 1 is 1.09 bits per heavy atom. The summed E-state index contributed by atoms with van der Waals surface area (Å²) in [4.78, 5) is 17.6. The van der Waals surface area contributed by atoms with Crippen LogP contribution in [-0.4, -0.2) is 55.2 Å². The molecule has 1 aliphatic rings. The molecule has 0 spiro atoms. The van der Waals surface area contributed by atoms with Crippen LogP contribution in [0.2, 0.25) is 0 Å². The van der Waals surface area contributed by atoms with Gasteiger partial charge in [0, 0.05) is 24.2 Å². The van der Waals surface area contributed by atoms with Crippen LogP contribution in [0.25, 0.3) is 10.9 Å². The minimum Gasteiger partial charge on any atom is -0.379 e. The van der Waals surface area contributed by atoms with Crippen LogP contribution in [0.15, 0.2) is 58.5 Å². The Balaban J connectivity index is 1.53. The van der Waals surface area contributed by atoms with Gasteiger partial charge in [-0.15, -0.1) is 0 Å². The quantitative estimate of drug-likeness (QED) is 0.531. The number of benzene rings is 2. The summed E-state index contributed by atoms with van der Waals surface area (Å²) < 4.78 is 32.7. The van der Waals surface area contributed by atoms with E-state index in [9.17, 15) is 13.2 Å². The first-order valence-corrected chi connectivity index (χ1v) is 13.1. The van der Waals surface area contributed by atoms with E-state index in [0.29, 0.717) is 31.8 Å². The molecule has 3 aromatic rings. The highest BCUT2D eigenvalue weighted by Crippen LogP contribution is 2.29. The second-order valence-electron chi connectivity index (χ2n) is 8.04. The number of nitrogens with zero attached hydrogens (tertiary/aromatic N) is 2. The average Bonchev–Trinajstić information content (AvgIpc) is 2.81. The molecular weight excluding hydrogens is 458 g/mol. The molecule has 1 N–H and O–H groups in total. The van der Waals surface area contributed by atoms with Crippen LogP contribution in [-0.2, 0) is 19.6 Å². The van der Waals surface area contributed by atoms with Gasteiger partial charge in [-0.05, 0) is 62.2 Å². The van der Waals surface area contributed by atoms with Crippen molar-refractivity contribution < 1.29 is 17.9 Å². The molecule has 2 aromatic carbocycles. The van der Waals surface area contributed by atoms with E-state index in [0.717, 1.165) is 27.2 Å². The van der Waals surface area contributed by atoms with Gasteiger partial charge in [0.2, 0.25) is 15.9 Å². The highest BCUT2D eigenvalue weighted by Gasteiger charge is 2.27. The minimum atomic E-state index is -3.58. The van der Waals surface area contributed by atoms with Gasteiger partial charge in [0.15, 0.2) is 0 Å². The molecule has 174 valence electrons. The number of fused-ring (bicyclic) bond motifs is 1. The fourth-order valence-corrected chi connectivity index (χ4v) is 6.04. The molecule has 0 radical (unpaired) electrons. The maximum atomic E-state index is 13.0. The van der Waals surface area contributed by atoms with Gasteiger partial charge in [0.1, 0.15) is 0 Å². The maximum Gasteiger partial charge on any atom is 0.243 e. The van der Waals surface area contributed by atoms with Crippen molar-refractivity contribution in [2.45, 2.75) is 35.9 Å². The fourth-order valence-electron chi connectivity index (χ4n) is 3.68. The van der Waals surface area contributed by atoms with E-state index in [4.69, 9.17) is 4.74 Å². The minimum absolute atomic E-state index is 0.0965. The first-order chi connectivity index (χ1) is 15.8. The third kappa shape index (κ3) is 5.22. The number of hydrogen-bond acceptors (Lipinski definition) is 6. The first-order valence-electron chi connectivity index (χ1n) is 10.8. The number of anilines is 1. The molecule has 0 bridgehead atoms. The van der Waals surface area contributed by atoms with Crippen molar-refractivity contribution in [3.8, 4) is 0 Å². The molecule has 0 saturated carbocycles. The molecule has 1 saturated heterocycles. The van der Waals surface area contributed by atoms with Crippen molar-refractivity contribution in [3.63, 3.8) is 0 Å². The lowest BCUT2D eigenvalue weighted by atomic mass is 10.1. The zero-order valence-corrected chi connectivity index (χ0v) is 20.5. The van der Waals surface area contributed by atoms with Gasteiger partial charge in [0.05, 0.1) is 33.9 Å². The number of rotatable bonds is 6. The number of aromatic nitrogens is 1. The number of hydrogen-bond donors (Lipinski definition) is 1. The number of aryl methyl sites for hydroxylation is 2. The number of pyridine rings is 1. The van der Waals surface area contributed by atoms with Gasteiger partial charge in [-0.1, -0.05) is 30.0 Å². The molecule has 2 heterocycles. The molecule has 9 heteroatoms. The van der Waals surface area contributed by atoms with Crippen LogP contribution >= 0.6 is 11.8 Å². The average molecular weight is 486 g/mol. The van der Waals surface area contributed by atoms with Crippen LogP contribution < -0.4 is 5.32 Å². The van der Waals surface area contributed by atoms with Crippen molar-refractivity contribution in [1.29, 1.82) is 0 Å². The van der Waals surface area contributed by atoms with Crippen molar-refractivity contribution in [2.24, 2.45) is 0 Å². The largest absolute Gasteiger partial charge is 0.379 e. The van der Waals surface area contributed by atoms with E-state index in [-0.39, 0.29) is 16.1 Å². The molecule has 1 atom stereocenters. The van der Waals surface area contributed by atoms with Gasteiger partial charge in [-0.25, -0.2) is 13.4 Å².